The molecule has 9 heteroatoms. The Morgan fingerprint density at radius 3 is 2.40 bits per heavy atom. The van der Waals surface area contributed by atoms with Gasteiger partial charge in [0.25, 0.3) is 5.91 Å². The smallest absolute Gasteiger partial charge is 0.253 e. The fourth-order valence-corrected chi connectivity index (χ4v) is 4.10. The van der Waals surface area contributed by atoms with E-state index in [-0.39, 0.29) is 24.0 Å². The molecule has 2 fully saturated rings. The average Bonchev–Trinajstić information content (AvgIpc) is 2.86. The fourth-order valence-electron chi connectivity index (χ4n) is 3.54. The molecule has 140 valence electrons. The Kier molecular flexibility index (Phi) is 6.29. The Morgan fingerprint density at radius 1 is 1.24 bits per heavy atom. The third kappa shape index (κ3) is 4.83. The van der Waals surface area contributed by atoms with Gasteiger partial charge in [-0.25, -0.2) is 12.8 Å². The number of likely N-dealkylation sites (tertiary alicyclic amines) is 1. The number of amides is 1. The summed E-state index contributed by atoms with van der Waals surface area (Å²) in [5.41, 5.74) is 0.104. The molecule has 0 bridgehead atoms. The van der Waals surface area contributed by atoms with E-state index in [2.05, 4.69) is 10.0 Å². The standard InChI is InChI=1S/C16H22FN3O3S.ClH/c1-24(22,23)19-15-8-11(2-3-14(15)17)16(21)20-6-4-12-9-18-10-13(12)5-7-20;/h2-3,8,12-13,18-19H,4-7,9-10H2,1H3;1H/t12-,13+;. The predicted molar refractivity (Wildman–Crippen MR) is 97.1 cm³/mol. The minimum Gasteiger partial charge on any atom is -0.339 e. The number of benzene rings is 1. The van der Waals surface area contributed by atoms with Crippen LogP contribution < -0.4 is 10.0 Å². The summed E-state index contributed by atoms with van der Waals surface area (Å²) in [7, 11) is -3.61. The normalized spacial score (nSPS) is 23.4. The Hall–Kier alpha value is -1.38. The maximum atomic E-state index is 13.8. The second-order valence-electron chi connectivity index (χ2n) is 6.62. The van der Waals surface area contributed by atoms with Crippen LogP contribution in [0, 0.1) is 17.7 Å². The molecule has 0 radical (unpaired) electrons. The number of hydrogen-bond donors (Lipinski definition) is 2. The van der Waals surface area contributed by atoms with E-state index >= 15 is 0 Å². The zero-order valence-corrected chi connectivity index (χ0v) is 15.6. The number of fused-ring (bicyclic) bond motifs is 1. The maximum absolute atomic E-state index is 13.8. The van der Waals surface area contributed by atoms with Gasteiger partial charge in [-0.15, -0.1) is 12.4 Å². The molecule has 0 saturated carbocycles. The quantitative estimate of drug-likeness (QED) is 0.821. The molecule has 0 aliphatic carbocycles. The summed E-state index contributed by atoms with van der Waals surface area (Å²) >= 11 is 0. The van der Waals surface area contributed by atoms with E-state index in [9.17, 15) is 17.6 Å². The molecule has 1 amide bonds. The first-order chi connectivity index (χ1) is 11.3. The van der Waals surface area contributed by atoms with Crippen molar-refractivity contribution < 1.29 is 17.6 Å². The molecule has 2 aliphatic heterocycles. The van der Waals surface area contributed by atoms with Crippen molar-refractivity contribution >= 4 is 34.0 Å². The van der Waals surface area contributed by atoms with Crippen molar-refractivity contribution in [1.29, 1.82) is 0 Å². The van der Waals surface area contributed by atoms with Crippen LogP contribution in [0.25, 0.3) is 0 Å². The molecule has 0 aromatic heterocycles. The van der Waals surface area contributed by atoms with E-state index in [1.54, 1.807) is 4.90 Å². The first kappa shape index (κ1) is 19.9. The van der Waals surface area contributed by atoms with Gasteiger partial charge in [0.05, 0.1) is 11.9 Å². The zero-order chi connectivity index (χ0) is 17.3. The molecule has 1 aromatic carbocycles. The molecule has 0 spiro atoms. The van der Waals surface area contributed by atoms with Gasteiger partial charge in [0.15, 0.2) is 0 Å². The van der Waals surface area contributed by atoms with Gasteiger partial charge in [-0.1, -0.05) is 0 Å². The number of halogens is 2. The number of nitrogens with zero attached hydrogens (tertiary/aromatic N) is 1. The minimum absolute atomic E-state index is 0. The highest BCUT2D eigenvalue weighted by atomic mass is 35.5. The molecule has 2 N–H and O–H groups in total. The molecule has 2 aliphatic rings. The second-order valence-corrected chi connectivity index (χ2v) is 8.37. The summed E-state index contributed by atoms with van der Waals surface area (Å²) in [6, 6.07) is 3.79. The molecule has 2 heterocycles. The highest BCUT2D eigenvalue weighted by Gasteiger charge is 2.31. The van der Waals surface area contributed by atoms with Gasteiger partial charge in [-0.05, 0) is 56.0 Å². The van der Waals surface area contributed by atoms with Crippen molar-refractivity contribution in [2.24, 2.45) is 11.8 Å². The van der Waals surface area contributed by atoms with Crippen molar-refractivity contribution in [2.45, 2.75) is 12.8 Å². The first-order valence-electron chi connectivity index (χ1n) is 8.11. The predicted octanol–water partition coefficient (Wildman–Crippen LogP) is 1.69. The topological polar surface area (TPSA) is 78.5 Å². The fraction of sp³-hybridized carbons (Fsp3) is 0.562. The van der Waals surface area contributed by atoms with Crippen molar-refractivity contribution in [2.75, 3.05) is 37.2 Å². The lowest BCUT2D eigenvalue weighted by molar-refractivity contribution is 0.0758. The lowest BCUT2D eigenvalue weighted by Crippen LogP contribution is -2.32. The van der Waals surface area contributed by atoms with Crippen LogP contribution in [0.2, 0.25) is 0 Å². The largest absolute Gasteiger partial charge is 0.339 e. The number of carbonyl (C=O) groups excluding carboxylic acids is 1. The van der Waals surface area contributed by atoms with Crippen molar-refractivity contribution in [1.82, 2.24) is 10.2 Å². The summed E-state index contributed by atoms with van der Waals surface area (Å²) in [6.07, 6.45) is 2.86. The summed E-state index contributed by atoms with van der Waals surface area (Å²) in [6.45, 7) is 3.36. The van der Waals surface area contributed by atoms with Crippen LogP contribution in [0.3, 0.4) is 0 Å². The van der Waals surface area contributed by atoms with Gasteiger partial charge in [-0.2, -0.15) is 0 Å². The molecule has 6 nitrogen and oxygen atoms in total. The molecule has 25 heavy (non-hydrogen) atoms. The lowest BCUT2D eigenvalue weighted by Gasteiger charge is -2.21. The third-order valence-corrected chi connectivity index (χ3v) is 5.41. The Labute approximate surface area is 153 Å². The molecular formula is C16H23ClFN3O3S. The van der Waals surface area contributed by atoms with Crippen LogP contribution in [0.4, 0.5) is 10.1 Å². The summed E-state index contributed by atoms with van der Waals surface area (Å²) < 4.78 is 38.5. The minimum atomic E-state index is -3.61. The molecular weight excluding hydrogens is 369 g/mol. The number of carbonyl (C=O) groups is 1. The summed E-state index contributed by atoms with van der Waals surface area (Å²) in [4.78, 5) is 14.5. The highest BCUT2D eigenvalue weighted by Crippen LogP contribution is 2.28. The van der Waals surface area contributed by atoms with Gasteiger partial charge in [-0.3, -0.25) is 9.52 Å². The van der Waals surface area contributed by atoms with Crippen LogP contribution in [0.15, 0.2) is 18.2 Å². The van der Waals surface area contributed by atoms with Gasteiger partial charge in [0.2, 0.25) is 10.0 Å². The SMILES string of the molecule is CS(=O)(=O)Nc1cc(C(=O)N2CC[C@@H]3CNC[C@@H]3CC2)ccc1F.Cl. The second kappa shape index (κ2) is 7.88. The Balaban J connectivity index is 0.00000225. The lowest BCUT2D eigenvalue weighted by atomic mass is 9.92. The van der Waals surface area contributed by atoms with Crippen molar-refractivity contribution in [3.05, 3.63) is 29.6 Å². The average molecular weight is 392 g/mol. The number of anilines is 1. The monoisotopic (exact) mass is 391 g/mol. The summed E-state index contributed by atoms with van der Waals surface area (Å²) in [5, 5.41) is 3.39. The number of nitrogens with one attached hydrogen (secondary N) is 2. The van der Waals surface area contributed by atoms with Crippen molar-refractivity contribution in [3.63, 3.8) is 0 Å². The molecule has 2 saturated heterocycles. The van der Waals surface area contributed by atoms with E-state index in [1.165, 1.54) is 12.1 Å². The van der Waals surface area contributed by atoms with Crippen LogP contribution in [0.1, 0.15) is 23.2 Å². The zero-order valence-electron chi connectivity index (χ0n) is 14.0. The van der Waals surface area contributed by atoms with Crippen LogP contribution in [0.5, 0.6) is 0 Å². The summed E-state index contributed by atoms with van der Waals surface area (Å²) in [5.74, 6) is 0.338. The number of sulfonamides is 1. The molecule has 3 rings (SSSR count). The van der Waals surface area contributed by atoms with Crippen molar-refractivity contribution in [3.8, 4) is 0 Å². The Bertz CT molecular complexity index is 730. The van der Waals surface area contributed by atoms with E-state index in [0.717, 1.165) is 38.3 Å². The van der Waals surface area contributed by atoms with Crippen LogP contribution in [-0.4, -0.2) is 51.7 Å². The van der Waals surface area contributed by atoms with E-state index < -0.39 is 15.8 Å². The third-order valence-electron chi connectivity index (χ3n) is 4.82. The number of hydrogen-bond acceptors (Lipinski definition) is 4. The van der Waals surface area contributed by atoms with Gasteiger partial charge < -0.3 is 10.2 Å². The van der Waals surface area contributed by atoms with E-state index in [4.69, 9.17) is 0 Å². The van der Waals surface area contributed by atoms with Crippen LogP contribution >= 0.6 is 12.4 Å². The molecule has 2 atom stereocenters. The molecule has 0 unspecified atom stereocenters. The van der Waals surface area contributed by atoms with E-state index in [0.29, 0.717) is 30.5 Å². The Morgan fingerprint density at radius 2 is 1.84 bits per heavy atom. The highest BCUT2D eigenvalue weighted by molar-refractivity contribution is 7.92. The van der Waals surface area contributed by atoms with Gasteiger partial charge in [0, 0.05) is 18.7 Å². The van der Waals surface area contributed by atoms with Crippen LogP contribution in [-0.2, 0) is 10.0 Å². The van der Waals surface area contributed by atoms with Gasteiger partial charge >= 0.3 is 0 Å². The molecule has 1 aromatic rings. The number of rotatable bonds is 3. The van der Waals surface area contributed by atoms with E-state index in [1.807, 2.05) is 0 Å². The maximum Gasteiger partial charge on any atom is 0.253 e. The van der Waals surface area contributed by atoms with Gasteiger partial charge in [0.1, 0.15) is 5.82 Å². The first-order valence-corrected chi connectivity index (χ1v) is 10.00.